The summed E-state index contributed by atoms with van der Waals surface area (Å²) >= 11 is 0. The molecule has 0 radical (unpaired) electrons. The molecule has 1 aromatic rings. The number of aromatic nitrogens is 1. The van der Waals surface area contributed by atoms with Gasteiger partial charge in [0.2, 0.25) is 0 Å². The Bertz CT molecular complexity index is 415. The summed E-state index contributed by atoms with van der Waals surface area (Å²) in [5.41, 5.74) is 0.158. The van der Waals surface area contributed by atoms with Gasteiger partial charge in [0.05, 0.1) is 0 Å². The fraction of sp³-hybridized carbons (Fsp3) is 0.545. The Hall–Kier alpha value is -1.85. The Balaban J connectivity index is 2.23. The van der Waals surface area contributed by atoms with Crippen molar-refractivity contribution < 1.29 is 19.2 Å². The molecule has 1 amide bonds. The second-order valence-electron chi connectivity index (χ2n) is 4.29. The number of hydrogen-bond acceptors (Lipinski definition) is 4. The molecule has 2 heterocycles. The second kappa shape index (κ2) is 4.57. The molecule has 2 rings (SSSR count). The van der Waals surface area contributed by atoms with Crippen molar-refractivity contribution in [3.8, 4) is 0 Å². The lowest BCUT2D eigenvalue weighted by Crippen LogP contribution is -2.52. The van der Waals surface area contributed by atoms with Crippen LogP contribution in [0.25, 0.3) is 0 Å². The van der Waals surface area contributed by atoms with Gasteiger partial charge < -0.3 is 14.5 Å². The Morgan fingerprint density at radius 1 is 1.59 bits per heavy atom. The molecule has 2 unspecified atom stereocenters. The molecular weight excluding hydrogens is 224 g/mol. The normalized spacial score (nSPS) is 24.6. The minimum absolute atomic E-state index is 0.0444. The van der Waals surface area contributed by atoms with E-state index in [1.807, 2.05) is 6.92 Å². The van der Waals surface area contributed by atoms with Gasteiger partial charge in [0, 0.05) is 12.6 Å². The Morgan fingerprint density at radius 3 is 2.94 bits per heavy atom. The highest BCUT2D eigenvalue weighted by Crippen LogP contribution is 2.24. The molecular formula is C11H14N2O4. The predicted octanol–water partition coefficient (Wildman–Crippen LogP) is 1.000. The SMILES string of the molecule is CC1CCCN(C(=O)c2ccon2)C1C(=O)O. The number of piperidine rings is 1. The topological polar surface area (TPSA) is 83.6 Å². The summed E-state index contributed by atoms with van der Waals surface area (Å²) in [6.45, 7) is 2.30. The van der Waals surface area contributed by atoms with Crippen LogP contribution in [0.2, 0.25) is 0 Å². The van der Waals surface area contributed by atoms with Gasteiger partial charge >= 0.3 is 5.97 Å². The van der Waals surface area contributed by atoms with Gasteiger partial charge in [-0.25, -0.2) is 4.79 Å². The van der Waals surface area contributed by atoms with Crippen LogP contribution in [-0.2, 0) is 4.79 Å². The molecule has 1 N–H and O–H groups in total. The number of carbonyl (C=O) groups excluding carboxylic acids is 1. The average molecular weight is 238 g/mol. The molecule has 1 aromatic heterocycles. The second-order valence-corrected chi connectivity index (χ2v) is 4.29. The van der Waals surface area contributed by atoms with Gasteiger partial charge in [-0.05, 0) is 18.8 Å². The predicted molar refractivity (Wildman–Crippen MR) is 57.4 cm³/mol. The van der Waals surface area contributed by atoms with Crippen molar-refractivity contribution in [3.63, 3.8) is 0 Å². The molecule has 6 heteroatoms. The number of carboxylic acid groups (broad SMARTS) is 1. The van der Waals surface area contributed by atoms with Gasteiger partial charge in [0.25, 0.3) is 5.91 Å². The molecule has 1 fully saturated rings. The summed E-state index contributed by atoms with van der Waals surface area (Å²) < 4.78 is 4.60. The van der Waals surface area contributed by atoms with Crippen LogP contribution in [0.5, 0.6) is 0 Å². The third-order valence-corrected chi connectivity index (χ3v) is 3.10. The minimum atomic E-state index is -0.964. The van der Waals surface area contributed by atoms with Crippen molar-refractivity contribution in [2.24, 2.45) is 5.92 Å². The molecule has 17 heavy (non-hydrogen) atoms. The summed E-state index contributed by atoms with van der Waals surface area (Å²) in [6, 6.07) is 0.675. The molecule has 0 saturated carbocycles. The van der Waals surface area contributed by atoms with Crippen molar-refractivity contribution in [1.29, 1.82) is 0 Å². The quantitative estimate of drug-likeness (QED) is 0.830. The van der Waals surface area contributed by atoms with Crippen molar-refractivity contribution in [1.82, 2.24) is 10.1 Å². The van der Waals surface area contributed by atoms with Crippen LogP contribution >= 0.6 is 0 Å². The van der Waals surface area contributed by atoms with Gasteiger partial charge in [0.1, 0.15) is 12.3 Å². The number of carboxylic acids is 1. The smallest absolute Gasteiger partial charge is 0.326 e. The van der Waals surface area contributed by atoms with E-state index >= 15 is 0 Å². The van der Waals surface area contributed by atoms with Crippen LogP contribution in [0.1, 0.15) is 30.3 Å². The maximum atomic E-state index is 12.1. The highest BCUT2D eigenvalue weighted by atomic mass is 16.5. The molecule has 0 bridgehead atoms. The zero-order valence-electron chi connectivity index (χ0n) is 9.50. The van der Waals surface area contributed by atoms with E-state index in [1.165, 1.54) is 17.2 Å². The van der Waals surface area contributed by atoms with E-state index in [-0.39, 0.29) is 17.5 Å². The number of hydrogen-bond donors (Lipinski definition) is 1. The van der Waals surface area contributed by atoms with Crippen molar-refractivity contribution in [3.05, 3.63) is 18.0 Å². The molecule has 0 spiro atoms. The number of nitrogens with zero attached hydrogens (tertiary/aromatic N) is 2. The van der Waals surface area contributed by atoms with Gasteiger partial charge in [-0.3, -0.25) is 4.79 Å². The summed E-state index contributed by atoms with van der Waals surface area (Å²) in [6.07, 6.45) is 2.94. The molecule has 6 nitrogen and oxygen atoms in total. The number of rotatable bonds is 2. The molecule has 1 aliphatic rings. The molecule has 1 saturated heterocycles. The average Bonchev–Trinajstić information content (AvgIpc) is 2.80. The Morgan fingerprint density at radius 2 is 2.35 bits per heavy atom. The van der Waals surface area contributed by atoms with E-state index in [0.717, 1.165) is 12.8 Å². The molecule has 2 atom stereocenters. The molecule has 1 aliphatic heterocycles. The van der Waals surface area contributed by atoms with Crippen molar-refractivity contribution in [2.75, 3.05) is 6.54 Å². The van der Waals surface area contributed by atoms with E-state index in [9.17, 15) is 14.7 Å². The highest BCUT2D eigenvalue weighted by Gasteiger charge is 2.37. The van der Waals surface area contributed by atoms with Crippen LogP contribution in [-0.4, -0.2) is 39.6 Å². The molecule has 0 aliphatic carbocycles. The van der Waals surface area contributed by atoms with E-state index in [1.54, 1.807) is 0 Å². The summed E-state index contributed by atoms with van der Waals surface area (Å²) in [7, 11) is 0. The van der Waals surface area contributed by atoms with Crippen LogP contribution in [0.3, 0.4) is 0 Å². The third-order valence-electron chi connectivity index (χ3n) is 3.10. The standard InChI is InChI=1S/C11H14N2O4/c1-7-3-2-5-13(9(7)11(15)16)10(14)8-4-6-17-12-8/h4,6-7,9H,2-3,5H2,1H3,(H,15,16). The van der Waals surface area contributed by atoms with Gasteiger partial charge in [-0.15, -0.1) is 0 Å². The van der Waals surface area contributed by atoms with Crippen LogP contribution in [0, 0.1) is 5.92 Å². The lowest BCUT2D eigenvalue weighted by molar-refractivity contribution is -0.145. The zero-order chi connectivity index (χ0) is 12.4. The first-order valence-corrected chi connectivity index (χ1v) is 5.55. The largest absolute Gasteiger partial charge is 0.480 e. The van der Waals surface area contributed by atoms with E-state index < -0.39 is 12.0 Å². The molecule has 0 aromatic carbocycles. The molecule has 92 valence electrons. The van der Waals surface area contributed by atoms with E-state index in [4.69, 9.17) is 0 Å². The van der Waals surface area contributed by atoms with Gasteiger partial charge in [-0.2, -0.15) is 0 Å². The maximum absolute atomic E-state index is 12.1. The fourth-order valence-corrected chi connectivity index (χ4v) is 2.26. The lowest BCUT2D eigenvalue weighted by Gasteiger charge is -2.36. The first kappa shape index (κ1) is 11.6. The Kier molecular flexibility index (Phi) is 3.12. The first-order valence-electron chi connectivity index (χ1n) is 5.55. The maximum Gasteiger partial charge on any atom is 0.326 e. The van der Waals surface area contributed by atoms with Crippen LogP contribution < -0.4 is 0 Å². The van der Waals surface area contributed by atoms with Gasteiger partial charge in [-0.1, -0.05) is 12.1 Å². The van der Waals surface area contributed by atoms with Crippen molar-refractivity contribution in [2.45, 2.75) is 25.8 Å². The first-order chi connectivity index (χ1) is 8.11. The van der Waals surface area contributed by atoms with Crippen molar-refractivity contribution >= 4 is 11.9 Å². The number of amides is 1. The summed E-state index contributed by atoms with van der Waals surface area (Å²) in [4.78, 5) is 24.6. The monoisotopic (exact) mass is 238 g/mol. The van der Waals surface area contributed by atoms with Crippen LogP contribution in [0.4, 0.5) is 0 Å². The summed E-state index contributed by atoms with van der Waals surface area (Å²) in [5, 5.41) is 12.7. The number of likely N-dealkylation sites (tertiary alicyclic amines) is 1. The zero-order valence-corrected chi connectivity index (χ0v) is 9.50. The van der Waals surface area contributed by atoms with Crippen LogP contribution in [0.15, 0.2) is 16.9 Å². The van der Waals surface area contributed by atoms with Gasteiger partial charge in [0.15, 0.2) is 5.69 Å². The third kappa shape index (κ3) is 2.15. The summed E-state index contributed by atoms with van der Waals surface area (Å²) in [5.74, 6) is -1.39. The number of carbonyl (C=O) groups is 2. The highest BCUT2D eigenvalue weighted by molar-refractivity contribution is 5.95. The number of aliphatic carboxylic acids is 1. The Labute approximate surface area is 98.2 Å². The lowest BCUT2D eigenvalue weighted by atomic mass is 9.90. The van der Waals surface area contributed by atoms with E-state index in [2.05, 4.69) is 9.68 Å². The minimum Gasteiger partial charge on any atom is -0.480 e. The van der Waals surface area contributed by atoms with E-state index in [0.29, 0.717) is 6.54 Å². The fourth-order valence-electron chi connectivity index (χ4n) is 2.26.